The van der Waals surface area contributed by atoms with E-state index in [0.717, 1.165) is 17.3 Å². The fourth-order valence-corrected chi connectivity index (χ4v) is 5.68. The number of nitrogens with one attached hydrogen (secondary N) is 1. The van der Waals surface area contributed by atoms with Gasteiger partial charge in [-0.25, -0.2) is 0 Å². The molecule has 1 aromatic heterocycles. The number of carbonyl (C=O) groups excluding carboxylic acids is 3. The van der Waals surface area contributed by atoms with E-state index < -0.39 is 6.04 Å². The summed E-state index contributed by atoms with van der Waals surface area (Å²) < 4.78 is 0. The summed E-state index contributed by atoms with van der Waals surface area (Å²) in [4.78, 5) is 45.2. The topological polar surface area (TPSA) is 79.4 Å². The molecule has 2 fully saturated rings. The second-order valence-corrected chi connectivity index (χ2v) is 9.23. The molecule has 2 bridgehead atoms. The van der Waals surface area contributed by atoms with Gasteiger partial charge in [0.05, 0.1) is 17.4 Å². The van der Waals surface area contributed by atoms with Crippen molar-refractivity contribution in [3.05, 3.63) is 48.7 Å². The standard InChI is InChI=1S/C23H23N3O3S/c1-30-10-8-18(21(27)25-16-6-7-17-13(12-16)3-2-9-24-17)26-22(28)19-14-4-5-15(11-14)20(19)23(26)29/h2-7,9,12,14-15,18-20H,8,10-11H2,1H3,(H,25,27). The molecule has 30 heavy (non-hydrogen) atoms. The molecule has 1 N–H and O–H groups in total. The van der Waals surface area contributed by atoms with Gasteiger partial charge in [0.15, 0.2) is 0 Å². The number of nitrogens with zero attached hydrogens (tertiary/aromatic N) is 2. The molecule has 3 aliphatic rings. The zero-order valence-corrected chi connectivity index (χ0v) is 17.5. The highest BCUT2D eigenvalue weighted by atomic mass is 32.2. The third-order valence-corrected chi connectivity index (χ3v) is 7.23. The Hall–Kier alpha value is -2.67. The Bertz CT molecular complexity index is 1040. The fraction of sp³-hybridized carbons (Fsp3) is 0.391. The first kappa shape index (κ1) is 19.3. The minimum absolute atomic E-state index is 0.138. The van der Waals surface area contributed by atoms with E-state index in [1.807, 2.05) is 30.5 Å². The smallest absolute Gasteiger partial charge is 0.247 e. The normalized spacial score (nSPS) is 27.7. The number of thioether (sulfide) groups is 1. The summed E-state index contributed by atoms with van der Waals surface area (Å²) in [6, 6.07) is 8.50. The molecule has 5 rings (SSSR count). The predicted molar refractivity (Wildman–Crippen MR) is 117 cm³/mol. The van der Waals surface area contributed by atoms with Crippen molar-refractivity contribution in [3.8, 4) is 0 Å². The summed E-state index contributed by atoms with van der Waals surface area (Å²) in [6.45, 7) is 0. The number of allylic oxidation sites excluding steroid dienone is 2. The van der Waals surface area contributed by atoms with Gasteiger partial charge in [-0.3, -0.25) is 24.3 Å². The first-order chi connectivity index (χ1) is 14.6. The lowest BCUT2D eigenvalue weighted by Crippen LogP contribution is -2.48. The first-order valence-corrected chi connectivity index (χ1v) is 11.7. The molecule has 5 unspecified atom stereocenters. The predicted octanol–water partition coefficient (Wildman–Crippen LogP) is 3.10. The molecule has 1 aliphatic heterocycles. The number of fused-ring (bicyclic) bond motifs is 6. The number of likely N-dealkylation sites (tertiary alicyclic amines) is 1. The van der Waals surface area contributed by atoms with E-state index in [9.17, 15) is 14.4 Å². The van der Waals surface area contributed by atoms with Crippen LogP contribution in [0, 0.1) is 23.7 Å². The number of rotatable bonds is 6. The van der Waals surface area contributed by atoms with Gasteiger partial charge in [-0.05, 0) is 61.0 Å². The number of carbonyl (C=O) groups is 3. The highest BCUT2D eigenvalue weighted by Crippen LogP contribution is 2.53. The van der Waals surface area contributed by atoms with E-state index in [-0.39, 0.29) is 41.4 Å². The Morgan fingerprint density at radius 2 is 1.93 bits per heavy atom. The van der Waals surface area contributed by atoms with Crippen molar-refractivity contribution >= 4 is 46.1 Å². The van der Waals surface area contributed by atoms with Gasteiger partial charge in [-0.2, -0.15) is 11.8 Å². The Morgan fingerprint density at radius 1 is 1.20 bits per heavy atom. The van der Waals surface area contributed by atoms with Crippen LogP contribution in [0.5, 0.6) is 0 Å². The maximum atomic E-state index is 13.2. The lowest BCUT2D eigenvalue weighted by molar-refractivity contribution is -0.147. The van der Waals surface area contributed by atoms with Crippen molar-refractivity contribution < 1.29 is 14.4 Å². The maximum absolute atomic E-state index is 13.2. The van der Waals surface area contributed by atoms with E-state index in [0.29, 0.717) is 17.9 Å². The largest absolute Gasteiger partial charge is 0.324 e. The highest BCUT2D eigenvalue weighted by Gasteiger charge is 2.61. The molecular weight excluding hydrogens is 398 g/mol. The number of amides is 3. The fourth-order valence-electron chi connectivity index (χ4n) is 5.22. The minimum Gasteiger partial charge on any atom is -0.324 e. The van der Waals surface area contributed by atoms with Crippen molar-refractivity contribution in [1.82, 2.24) is 9.88 Å². The van der Waals surface area contributed by atoms with E-state index in [1.165, 1.54) is 4.90 Å². The molecule has 154 valence electrons. The summed E-state index contributed by atoms with van der Waals surface area (Å²) in [6.07, 6.45) is 9.15. The van der Waals surface area contributed by atoms with Crippen molar-refractivity contribution in [2.24, 2.45) is 23.7 Å². The van der Waals surface area contributed by atoms with Gasteiger partial charge >= 0.3 is 0 Å². The molecule has 2 heterocycles. The molecule has 3 amide bonds. The summed E-state index contributed by atoms with van der Waals surface area (Å²) in [5, 5.41) is 3.85. The van der Waals surface area contributed by atoms with Gasteiger partial charge in [0, 0.05) is 17.3 Å². The van der Waals surface area contributed by atoms with Crippen LogP contribution in [-0.2, 0) is 14.4 Å². The van der Waals surface area contributed by atoms with Crippen LogP contribution in [0.2, 0.25) is 0 Å². The van der Waals surface area contributed by atoms with Crippen LogP contribution in [0.15, 0.2) is 48.7 Å². The van der Waals surface area contributed by atoms with E-state index in [2.05, 4.69) is 22.5 Å². The molecular formula is C23H23N3O3S. The van der Waals surface area contributed by atoms with Crippen LogP contribution >= 0.6 is 11.8 Å². The highest BCUT2D eigenvalue weighted by molar-refractivity contribution is 7.98. The quantitative estimate of drug-likeness (QED) is 0.573. The molecule has 1 saturated heterocycles. The van der Waals surface area contributed by atoms with Crippen molar-refractivity contribution in [2.45, 2.75) is 18.9 Å². The number of aromatic nitrogens is 1. The van der Waals surface area contributed by atoms with Crippen molar-refractivity contribution in [1.29, 1.82) is 0 Å². The van der Waals surface area contributed by atoms with Crippen LogP contribution in [0.25, 0.3) is 10.9 Å². The Balaban J connectivity index is 1.40. The van der Waals surface area contributed by atoms with Crippen molar-refractivity contribution in [2.75, 3.05) is 17.3 Å². The molecule has 0 radical (unpaired) electrons. The number of benzene rings is 1. The molecule has 1 aromatic carbocycles. The number of pyridine rings is 1. The molecule has 5 atom stereocenters. The molecule has 7 heteroatoms. The molecule has 2 aliphatic carbocycles. The summed E-state index contributed by atoms with van der Waals surface area (Å²) in [5.41, 5.74) is 1.48. The number of hydrogen-bond acceptors (Lipinski definition) is 5. The summed E-state index contributed by atoms with van der Waals surface area (Å²) in [7, 11) is 0. The van der Waals surface area contributed by atoms with E-state index in [1.54, 1.807) is 24.0 Å². The van der Waals surface area contributed by atoms with E-state index in [4.69, 9.17) is 0 Å². The van der Waals surface area contributed by atoms with Crippen LogP contribution < -0.4 is 5.32 Å². The lowest BCUT2D eigenvalue weighted by Gasteiger charge is -2.27. The lowest BCUT2D eigenvalue weighted by atomic mass is 9.85. The molecule has 1 saturated carbocycles. The third kappa shape index (κ3) is 3.03. The number of imide groups is 1. The Kier molecular flexibility index (Phi) is 4.85. The number of anilines is 1. The first-order valence-electron chi connectivity index (χ1n) is 10.3. The van der Waals surface area contributed by atoms with Gasteiger partial charge < -0.3 is 5.32 Å². The van der Waals surface area contributed by atoms with Gasteiger partial charge in [0.25, 0.3) is 0 Å². The van der Waals surface area contributed by atoms with Crippen LogP contribution in [0.1, 0.15) is 12.8 Å². The SMILES string of the molecule is CSCCC(C(=O)Nc1ccc2ncccc2c1)N1C(=O)C2C3C=CC(C3)C2C1=O. The zero-order valence-electron chi connectivity index (χ0n) is 16.7. The second-order valence-electron chi connectivity index (χ2n) is 8.24. The van der Waals surface area contributed by atoms with Crippen LogP contribution in [0.3, 0.4) is 0 Å². The van der Waals surface area contributed by atoms with Crippen LogP contribution in [-0.4, -0.2) is 45.7 Å². The van der Waals surface area contributed by atoms with E-state index >= 15 is 0 Å². The molecule has 0 spiro atoms. The second kappa shape index (κ2) is 7.54. The summed E-state index contributed by atoms with van der Waals surface area (Å²) >= 11 is 1.60. The monoisotopic (exact) mass is 421 g/mol. The Morgan fingerprint density at radius 3 is 2.63 bits per heavy atom. The third-order valence-electron chi connectivity index (χ3n) is 6.58. The van der Waals surface area contributed by atoms with Crippen LogP contribution in [0.4, 0.5) is 5.69 Å². The van der Waals surface area contributed by atoms with Gasteiger partial charge in [-0.1, -0.05) is 18.2 Å². The average molecular weight is 422 g/mol. The van der Waals surface area contributed by atoms with Gasteiger partial charge in [0.1, 0.15) is 6.04 Å². The molecule has 6 nitrogen and oxygen atoms in total. The van der Waals surface area contributed by atoms with Crippen molar-refractivity contribution in [3.63, 3.8) is 0 Å². The zero-order chi connectivity index (χ0) is 20.8. The maximum Gasteiger partial charge on any atom is 0.247 e. The van der Waals surface area contributed by atoms with Gasteiger partial charge in [0.2, 0.25) is 17.7 Å². The number of hydrogen-bond donors (Lipinski definition) is 1. The Labute approximate surface area is 179 Å². The molecule has 2 aromatic rings. The average Bonchev–Trinajstić information content (AvgIpc) is 3.43. The summed E-state index contributed by atoms with van der Waals surface area (Å²) in [5.74, 6) is -0.270. The van der Waals surface area contributed by atoms with Gasteiger partial charge in [-0.15, -0.1) is 0 Å². The minimum atomic E-state index is -0.785.